The van der Waals surface area contributed by atoms with Gasteiger partial charge in [0.1, 0.15) is 11.3 Å². The fourth-order valence-electron chi connectivity index (χ4n) is 1.90. The first-order valence-corrected chi connectivity index (χ1v) is 5.98. The number of oxazole rings is 1. The van der Waals surface area contributed by atoms with Gasteiger partial charge in [-0.3, -0.25) is 0 Å². The normalized spacial score (nSPS) is 10.8. The molecule has 0 unspecified atom stereocenters. The molecular weight excluding hydrogens is 240 g/mol. The van der Waals surface area contributed by atoms with E-state index in [2.05, 4.69) is 15.3 Å². The molecule has 19 heavy (non-hydrogen) atoms. The molecule has 0 atom stereocenters. The van der Waals surface area contributed by atoms with Gasteiger partial charge in [-0.15, -0.1) is 0 Å². The second-order valence-corrected chi connectivity index (χ2v) is 4.47. The van der Waals surface area contributed by atoms with Crippen LogP contribution in [0.25, 0.3) is 11.1 Å². The largest absolute Gasteiger partial charge is 0.441 e. The van der Waals surface area contributed by atoms with Crippen molar-refractivity contribution in [3.8, 4) is 0 Å². The van der Waals surface area contributed by atoms with Gasteiger partial charge in [0.15, 0.2) is 11.5 Å². The maximum atomic E-state index is 5.75. The van der Waals surface area contributed by atoms with E-state index in [0.717, 1.165) is 28.2 Å². The molecule has 3 aromatic rings. The van der Waals surface area contributed by atoms with E-state index in [1.807, 2.05) is 38.1 Å². The Bertz CT molecular complexity index is 748. The number of pyridine rings is 1. The monoisotopic (exact) mass is 254 g/mol. The zero-order chi connectivity index (χ0) is 13.4. The summed E-state index contributed by atoms with van der Waals surface area (Å²) >= 11 is 0. The van der Waals surface area contributed by atoms with Crippen LogP contribution in [-0.4, -0.2) is 9.97 Å². The third-order valence-electron chi connectivity index (χ3n) is 2.92. The molecule has 5 heteroatoms. The van der Waals surface area contributed by atoms with Crippen LogP contribution < -0.4 is 11.1 Å². The molecule has 96 valence electrons. The van der Waals surface area contributed by atoms with Gasteiger partial charge in [-0.1, -0.05) is 0 Å². The first-order chi connectivity index (χ1) is 9.11. The molecule has 0 fully saturated rings. The Labute approximate surface area is 110 Å². The van der Waals surface area contributed by atoms with Crippen LogP contribution in [0.4, 0.5) is 17.2 Å². The highest BCUT2D eigenvalue weighted by atomic mass is 16.3. The molecule has 5 nitrogen and oxygen atoms in total. The van der Waals surface area contributed by atoms with E-state index in [4.69, 9.17) is 10.2 Å². The number of nitrogen functional groups attached to an aromatic ring is 1. The Hall–Kier alpha value is -2.56. The van der Waals surface area contributed by atoms with E-state index in [1.54, 1.807) is 6.20 Å². The van der Waals surface area contributed by atoms with Gasteiger partial charge in [0.25, 0.3) is 0 Å². The molecule has 2 aromatic heterocycles. The van der Waals surface area contributed by atoms with Crippen molar-refractivity contribution in [3.63, 3.8) is 0 Å². The number of benzene rings is 1. The molecule has 3 N–H and O–H groups in total. The number of nitrogens with zero attached hydrogens (tertiary/aromatic N) is 2. The van der Waals surface area contributed by atoms with Crippen LogP contribution in [0.5, 0.6) is 0 Å². The lowest BCUT2D eigenvalue weighted by molar-refractivity contribution is 0.561. The van der Waals surface area contributed by atoms with Gasteiger partial charge < -0.3 is 15.5 Å². The highest BCUT2D eigenvalue weighted by molar-refractivity contribution is 5.78. The molecule has 0 radical (unpaired) electrons. The Kier molecular flexibility index (Phi) is 2.59. The fourth-order valence-corrected chi connectivity index (χ4v) is 1.90. The van der Waals surface area contributed by atoms with E-state index >= 15 is 0 Å². The van der Waals surface area contributed by atoms with Gasteiger partial charge in [0.2, 0.25) is 0 Å². The van der Waals surface area contributed by atoms with Crippen molar-refractivity contribution in [2.75, 3.05) is 11.1 Å². The number of hydrogen-bond donors (Lipinski definition) is 2. The number of anilines is 3. The lowest BCUT2D eigenvalue weighted by Crippen LogP contribution is -1.97. The Morgan fingerprint density at radius 2 is 2.05 bits per heavy atom. The van der Waals surface area contributed by atoms with Crippen molar-refractivity contribution in [1.82, 2.24) is 9.97 Å². The van der Waals surface area contributed by atoms with Gasteiger partial charge in [-0.05, 0) is 36.8 Å². The molecule has 3 rings (SSSR count). The summed E-state index contributed by atoms with van der Waals surface area (Å²) in [6, 6.07) is 7.66. The summed E-state index contributed by atoms with van der Waals surface area (Å²) in [6.45, 7) is 3.78. The van der Waals surface area contributed by atoms with E-state index in [9.17, 15) is 0 Å². The van der Waals surface area contributed by atoms with Crippen molar-refractivity contribution in [3.05, 3.63) is 41.9 Å². The highest BCUT2D eigenvalue weighted by Crippen LogP contribution is 2.23. The van der Waals surface area contributed by atoms with Crippen molar-refractivity contribution in [2.45, 2.75) is 13.8 Å². The quantitative estimate of drug-likeness (QED) is 0.734. The summed E-state index contributed by atoms with van der Waals surface area (Å²) in [5.74, 6) is 1.42. The predicted octanol–water partition coefficient (Wildman–Crippen LogP) is 3.17. The predicted molar refractivity (Wildman–Crippen MR) is 75.4 cm³/mol. The van der Waals surface area contributed by atoms with E-state index < -0.39 is 0 Å². The molecule has 2 heterocycles. The zero-order valence-electron chi connectivity index (χ0n) is 10.8. The first-order valence-electron chi connectivity index (χ1n) is 5.98. The van der Waals surface area contributed by atoms with Crippen LogP contribution in [-0.2, 0) is 0 Å². The van der Waals surface area contributed by atoms with Gasteiger partial charge in [0, 0.05) is 12.6 Å². The lowest BCUT2D eigenvalue weighted by atomic mass is 10.2. The van der Waals surface area contributed by atoms with Gasteiger partial charge in [-0.25, -0.2) is 9.97 Å². The Morgan fingerprint density at radius 1 is 1.21 bits per heavy atom. The zero-order valence-corrected chi connectivity index (χ0v) is 10.8. The Morgan fingerprint density at radius 3 is 2.84 bits per heavy atom. The Balaban J connectivity index is 1.93. The molecule has 0 amide bonds. The van der Waals surface area contributed by atoms with Crippen molar-refractivity contribution in [1.29, 1.82) is 0 Å². The molecule has 0 bridgehead atoms. The average molecular weight is 254 g/mol. The third-order valence-corrected chi connectivity index (χ3v) is 2.92. The van der Waals surface area contributed by atoms with Crippen LogP contribution >= 0.6 is 0 Å². The molecule has 0 saturated heterocycles. The van der Waals surface area contributed by atoms with Crippen molar-refractivity contribution >= 4 is 28.3 Å². The minimum absolute atomic E-state index is 0.661. The second-order valence-electron chi connectivity index (χ2n) is 4.47. The van der Waals surface area contributed by atoms with Crippen LogP contribution in [0, 0.1) is 13.8 Å². The summed E-state index contributed by atoms with van der Waals surface area (Å²) in [5, 5.41) is 3.23. The summed E-state index contributed by atoms with van der Waals surface area (Å²) in [7, 11) is 0. The molecular formula is C14H14N4O. The number of rotatable bonds is 2. The van der Waals surface area contributed by atoms with E-state index in [1.165, 1.54) is 0 Å². The minimum Gasteiger partial charge on any atom is -0.441 e. The van der Waals surface area contributed by atoms with E-state index in [0.29, 0.717) is 11.6 Å². The number of aromatic nitrogens is 2. The van der Waals surface area contributed by atoms with E-state index in [-0.39, 0.29) is 0 Å². The lowest BCUT2D eigenvalue weighted by Gasteiger charge is -2.07. The number of nitrogens with one attached hydrogen (secondary N) is 1. The molecule has 0 aliphatic heterocycles. The maximum absolute atomic E-state index is 5.75. The van der Waals surface area contributed by atoms with Crippen molar-refractivity contribution < 1.29 is 4.42 Å². The molecule has 0 spiro atoms. The third kappa shape index (κ3) is 2.22. The van der Waals surface area contributed by atoms with Crippen LogP contribution in [0.2, 0.25) is 0 Å². The summed E-state index contributed by atoms with van der Waals surface area (Å²) in [4.78, 5) is 8.54. The maximum Gasteiger partial charge on any atom is 0.192 e. The molecule has 0 saturated carbocycles. The van der Waals surface area contributed by atoms with Crippen molar-refractivity contribution in [2.24, 2.45) is 0 Å². The SMILES string of the molecule is Cc1nc2cc(Nc3cc(C)c(N)cn3)ccc2o1. The highest BCUT2D eigenvalue weighted by Gasteiger charge is 2.04. The van der Waals surface area contributed by atoms with Gasteiger partial charge in [-0.2, -0.15) is 0 Å². The number of hydrogen-bond acceptors (Lipinski definition) is 5. The number of aryl methyl sites for hydroxylation is 2. The summed E-state index contributed by atoms with van der Waals surface area (Å²) in [5.41, 5.74) is 9.96. The second kappa shape index (κ2) is 4.28. The smallest absolute Gasteiger partial charge is 0.192 e. The fraction of sp³-hybridized carbons (Fsp3) is 0.143. The first kappa shape index (κ1) is 11.5. The van der Waals surface area contributed by atoms with Crippen LogP contribution in [0.1, 0.15) is 11.5 Å². The van der Waals surface area contributed by atoms with Crippen LogP contribution in [0.15, 0.2) is 34.9 Å². The molecule has 0 aliphatic rings. The average Bonchev–Trinajstić information content (AvgIpc) is 2.73. The summed E-state index contributed by atoms with van der Waals surface area (Å²) < 4.78 is 5.44. The standard InChI is InChI=1S/C14H14N4O/c1-8-5-14(16-7-11(8)15)18-10-3-4-13-12(6-10)17-9(2)19-13/h3-7H,15H2,1-2H3,(H,16,18). The number of nitrogens with two attached hydrogens (primary N) is 1. The molecule has 0 aliphatic carbocycles. The summed E-state index contributed by atoms with van der Waals surface area (Å²) in [6.07, 6.45) is 1.65. The minimum atomic E-state index is 0.661. The van der Waals surface area contributed by atoms with Gasteiger partial charge >= 0.3 is 0 Å². The van der Waals surface area contributed by atoms with Gasteiger partial charge in [0.05, 0.1) is 11.9 Å². The van der Waals surface area contributed by atoms with Crippen LogP contribution in [0.3, 0.4) is 0 Å². The topological polar surface area (TPSA) is 77.0 Å². The molecule has 1 aromatic carbocycles. The number of fused-ring (bicyclic) bond motifs is 1.